The average molecular weight is 352 g/mol. The van der Waals surface area contributed by atoms with Gasteiger partial charge in [-0.15, -0.1) is 0 Å². The van der Waals surface area contributed by atoms with E-state index < -0.39 is 0 Å². The first-order valence-corrected chi connectivity index (χ1v) is 10.5. The van der Waals surface area contributed by atoms with E-state index in [-0.39, 0.29) is 17.8 Å². The van der Waals surface area contributed by atoms with Crippen molar-refractivity contribution in [2.45, 2.75) is 96.4 Å². The molecule has 0 heterocycles. The highest BCUT2D eigenvalue weighted by Gasteiger charge is 2.28. The van der Waals surface area contributed by atoms with Crippen LogP contribution in [-0.4, -0.2) is 36.5 Å². The van der Waals surface area contributed by atoms with Crippen LogP contribution in [0.5, 0.6) is 0 Å². The number of hydrogen-bond acceptors (Lipinski definition) is 3. The van der Waals surface area contributed by atoms with Gasteiger partial charge in [0.25, 0.3) is 0 Å². The molecule has 2 rings (SSSR count). The van der Waals surface area contributed by atoms with Gasteiger partial charge in [0.05, 0.1) is 13.0 Å². The Morgan fingerprint density at radius 3 is 2.12 bits per heavy atom. The van der Waals surface area contributed by atoms with Gasteiger partial charge in [0, 0.05) is 19.0 Å². The number of methoxy groups -OCH3 is 1. The standard InChI is InChI=1S/C21H37NO3/c1-17(21(24)25-2)16-22(19-12-8-3-4-9-13-19)20(23)15-14-18-10-6-5-7-11-18/h17-19H,3-16H2,1-2H3. The molecule has 0 aromatic rings. The molecule has 2 saturated carbocycles. The zero-order chi connectivity index (χ0) is 18.1. The number of ether oxygens (including phenoxy) is 1. The Balaban J connectivity index is 1.95. The number of rotatable bonds is 7. The summed E-state index contributed by atoms with van der Waals surface area (Å²) in [5.41, 5.74) is 0. The van der Waals surface area contributed by atoms with Crippen LogP contribution in [0.25, 0.3) is 0 Å². The van der Waals surface area contributed by atoms with Gasteiger partial charge in [-0.25, -0.2) is 0 Å². The Hall–Kier alpha value is -1.06. The van der Waals surface area contributed by atoms with Crippen LogP contribution in [0.3, 0.4) is 0 Å². The van der Waals surface area contributed by atoms with Gasteiger partial charge in [-0.1, -0.05) is 64.7 Å². The summed E-state index contributed by atoms with van der Waals surface area (Å²) in [6, 6.07) is 0.313. The largest absolute Gasteiger partial charge is 0.469 e. The summed E-state index contributed by atoms with van der Waals surface area (Å²) in [5, 5.41) is 0. The SMILES string of the molecule is COC(=O)C(C)CN(C(=O)CCC1CCCCC1)C1CCCCCC1. The van der Waals surface area contributed by atoms with E-state index in [1.807, 2.05) is 11.8 Å². The van der Waals surface area contributed by atoms with Crippen molar-refractivity contribution in [2.75, 3.05) is 13.7 Å². The van der Waals surface area contributed by atoms with Crippen LogP contribution in [0.4, 0.5) is 0 Å². The van der Waals surface area contributed by atoms with Crippen LogP contribution in [0.1, 0.15) is 90.4 Å². The predicted octanol–water partition coefficient (Wildman–Crippen LogP) is 4.71. The maximum atomic E-state index is 13.0. The molecule has 0 radical (unpaired) electrons. The molecule has 1 amide bonds. The molecule has 0 spiro atoms. The Bertz CT molecular complexity index is 409. The number of nitrogens with zero attached hydrogens (tertiary/aromatic N) is 1. The zero-order valence-electron chi connectivity index (χ0n) is 16.3. The Kier molecular flexibility index (Phi) is 8.77. The monoisotopic (exact) mass is 351 g/mol. The van der Waals surface area contributed by atoms with Crippen molar-refractivity contribution < 1.29 is 14.3 Å². The minimum atomic E-state index is -0.244. The third kappa shape index (κ3) is 6.63. The van der Waals surface area contributed by atoms with Crippen molar-refractivity contribution >= 4 is 11.9 Å². The summed E-state index contributed by atoms with van der Waals surface area (Å²) < 4.78 is 4.88. The molecule has 2 aliphatic rings. The van der Waals surface area contributed by atoms with Crippen molar-refractivity contribution in [1.82, 2.24) is 4.90 Å². The predicted molar refractivity (Wildman–Crippen MR) is 100 cm³/mol. The summed E-state index contributed by atoms with van der Waals surface area (Å²) in [7, 11) is 1.43. The lowest BCUT2D eigenvalue weighted by atomic mass is 9.86. The third-order valence-electron chi connectivity index (χ3n) is 6.15. The highest BCUT2D eigenvalue weighted by atomic mass is 16.5. The van der Waals surface area contributed by atoms with Crippen LogP contribution >= 0.6 is 0 Å². The highest BCUT2D eigenvalue weighted by molar-refractivity contribution is 5.78. The van der Waals surface area contributed by atoms with Gasteiger partial charge in [-0.3, -0.25) is 9.59 Å². The van der Waals surface area contributed by atoms with E-state index in [1.165, 1.54) is 64.9 Å². The van der Waals surface area contributed by atoms with Crippen molar-refractivity contribution in [3.63, 3.8) is 0 Å². The van der Waals surface area contributed by atoms with E-state index >= 15 is 0 Å². The number of hydrogen-bond donors (Lipinski definition) is 0. The van der Waals surface area contributed by atoms with Crippen LogP contribution in [0, 0.1) is 11.8 Å². The topological polar surface area (TPSA) is 46.6 Å². The van der Waals surface area contributed by atoms with Gasteiger partial charge in [0.2, 0.25) is 5.91 Å². The maximum absolute atomic E-state index is 13.0. The van der Waals surface area contributed by atoms with Crippen LogP contribution < -0.4 is 0 Å². The molecule has 1 atom stereocenters. The van der Waals surface area contributed by atoms with E-state index in [2.05, 4.69) is 0 Å². The number of esters is 1. The number of amides is 1. The fourth-order valence-corrected chi connectivity index (χ4v) is 4.54. The molecule has 4 nitrogen and oxygen atoms in total. The Morgan fingerprint density at radius 1 is 0.960 bits per heavy atom. The van der Waals surface area contributed by atoms with Gasteiger partial charge < -0.3 is 9.64 Å². The molecular weight excluding hydrogens is 314 g/mol. The Morgan fingerprint density at radius 2 is 1.52 bits per heavy atom. The van der Waals surface area contributed by atoms with Crippen LogP contribution in [0.2, 0.25) is 0 Å². The fraction of sp³-hybridized carbons (Fsp3) is 0.905. The first kappa shape index (κ1) is 20.3. The van der Waals surface area contributed by atoms with E-state index in [0.29, 0.717) is 19.0 Å². The molecule has 0 saturated heterocycles. The van der Waals surface area contributed by atoms with Crippen molar-refractivity contribution in [1.29, 1.82) is 0 Å². The second-order valence-electron chi connectivity index (χ2n) is 8.16. The molecule has 2 fully saturated rings. The van der Waals surface area contributed by atoms with Crippen LogP contribution in [-0.2, 0) is 14.3 Å². The summed E-state index contributed by atoms with van der Waals surface area (Å²) in [6.45, 7) is 2.39. The molecule has 4 heteroatoms. The normalized spacial score (nSPS) is 21.4. The van der Waals surface area contributed by atoms with Gasteiger partial charge in [0.1, 0.15) is 0 Å². The first-order valence-electron chi connectivity index (χ1n) is 10.5. The van der Waals surface area contributed by atoms with Crippen LogP contribution in [0.15, 0.2) is 0 Å². The molecule has 2 aliphatic carbocycles. The maximum Gasteiger partial charge on any atom is 0.310 e. The lowest BCUT2D eigenvalue weighted by molar-refractivity contribution is -0.147. The Labute approximate surface area is 153 Å². The lowest BCUT2D eigenvalue weighted by Gasteiger charge is -2.33. The summed E-state index contributed by atoms with van der Waals surface area (Å²) in [6.07, 6.45) is 15.4. The minimum absolute atomic E-state index is 0.210. The molecule has 0 aromatic carbocycles. The van der Waals surface area contributed by atoms with Gasteiger partial charge >= 0.3 is 5.97 Å². The zero-order valence-corrected chi connectivity index (χ0v) is 16.3. The van der Waals surface area contributed by atoms with E-state index in [9.17, 15) is 9.59 Å². The average Bonchev–Trinajstić information content (AvgIpc) is 2.93. The lowest BCUT2D eigenvalue weighted by Crippen LogP contribution is -2.44. The molecule has 25 heavy (non-hydrogen) atoms. The van der Waals surface area contributed by atoms with Crippen molar-refractivity contribution in [3.05, 3.63) is 0 Å². The van der Waals surface area contributed by atoms with E-state index in [4.69, 9.17) is 4.74 Å². The van der Waals surface area contributed by atoms with Gasteiger partial charge in [-0.2, -0.15) is 0 Å². The van der Waals surface area contributed by atoms with Gasteiger partial charge in [0.15, 0.2) is 0 Å². The second-order valence-corrected chi connectivity index (χ2v) is 8.16. The molecule has 0 N–H and O–H groups in total. The van der Waals surface area contributed by atoms with E-state index in [0.717, 1.165) is 25.2 Å². The van der Waals surface area contributed by atoms with E-state index in [1.54, 1.807) is 0 Å². The summed E-state index contributed by atoms with van der Waals surface area (Å²) >= 11 is 0. The van der Waals surface area contributed by atoms with Crippen molar-refractivity contribution in [3.8, 4) is 0 Å². The molecule has 0 bridgehead atoms. The first-order chi connectivity index (χ1) is 12.1. The summed E-state index contributed by atoms with van der Waals surface area (Å²) in [5.74, 6) is 0.533. The smallest absolute Gasteiger partial charge is 0.310 e. The fourth-order valence-electron chi connectivity index (χ4n) is 4.54. The third-order valence-corrected chi connectivity index (χ3v) is 6.15. The second kappa shape index (κ2) is 10.8. The molecule has 144 valence electrons. The number of carbonyl (C=O) groups is 2. The molecular formula is C21H37NO3. The highest BCUT2D eigenvalue weighted by Crippen LogP contribution is 2.29. The number of carbonyl (C=O) groups excluding carboxylic acids is 2. The molecule has 1 unspecified atom stereocenters. The summed E-state index contributed by atoms with van der Waals surface area (Å²) in [4.78, 5) is 26.9. The quantitative estimate of drug-likeness (QED) is 0.493. The molecule has 0 aliphatic heterocycles. The van der Waals surface area contributed by atoms with Crippen molar-refractivity contribution in [2.24, 2.45) is 11.8 Å². The minimum Gasteiger partial charge on any atom is -0.469 e. The van der Waals surface area contributed by atoms with Gasteiger partial charge in [-0.05, 0) is 25.2 Å². The molecule has 0 aromatic heterocycles.